The van der Waals surface area contributed by atoms with Crippen molar-refractivity contribution in [1.29, 1.82) is 0 Å². The van der Waals surface area contributed by atoms with Gasteiger partial charge in [0.2, 0.25) is 0 Å². The minimum absolute atomic E-state index is 1.14. The molecular formula is C50H36N2. The lowest BCUT2D eigenvalue weighted by atomic mass is 9.93. The molecule has 8 aromatic rings. The molecule has 0 atom stereocenters. The standard InChI is InChI=1S/C50H36N2/c1-33-19-29-39-41-11-3-7-15-47(41)51(49-17-9-5-13-43(49)45(39)31-33)37-25-21-35(22-26-37)36-23-27-38(28-24-36)52-48-16-8-4-12-42(48)40-30-20-34(2)32-46(40)44-14-6-10-18-50(44)52/h3-32H,1-2H3. The maximum Gasteiger partial charge on any atom is 0.0540 e. The van der Waals surface area contributed by atoms with E-state index >= 15 is 0 Å². The van der Waals surface area contributed by atoms with E-state index in [1.54, 1.807) is 0 Å². The number of para-hydroxylation sites is 4. The van der Waals surface area contributed by atoms with Gasteiger partial charge in [-0.25, -0.2) is 0 Å². The van der Waals surface area contributed by atoms with E-state index < -0.39 is 0 Å². The third kappa shape index (κ3) is 4.80. The molecule has 0 N–H and O–H groups in total. The number of benzene rings is 8. The first-order chi connectivity index (χ1) is 25.6. The van der Waals surface area contributed by atoms with Gasteiger partial charge in [0.25, 0.3) is 0 Å². The van der Waals surface area contributed by atoms with Gasteiger partial charge in [0, 0.05) is 33.6 Å². The smallest absolute Gasteiger partial charge is 0.0540 e. The molecule has 0 saturated heterocycles. The second-order valence-corrected chi connectivity index (χ2v) is 13.9. The summed E-state index contributed by atoms with van der Waals surface area (Å²) in [6.45, 7) is 4.35. The minimum Gasteiger partial charge on any atom is -0.309 e. The summed E-state index contributed by atoms with van der Waals surface area (Å²) in [5.41, 5.74) is 22.0. The number of rotatable bonds is 3. The monoisotopic (exact) mass is 664 g/mol. The van der Waals surface area contributed by atoms with Crippen molar-refractivity contribution in [2.24, 2.45) is 0 Å². The number of hydrogen-bond acceptors (Lipinski definition) is 2. The Morgan fingerprint density at radius 2 is 0.577 bits per heavy atom. The normalized spacial score (nSPS) is 12.3. The second kappa shape index (κ2) is 12.0. The highest BCUT2D eigenvalue weighted by atomic mass is 15.2. The van der Waals surface area contributed by atoms with Crippen molar-refractivity contribution in [3.8, 4) is 55.6 Å². The summed E-state index contributed by atoms with van der Waals surface area (Å²) in [6, 6.07) is 66.9. The Hall–Kier alpha value is -6.64. The summed E-state index contributed by atoms with van der Waals surface area (Å²) in [4.78, 5) is 4.83. The summed E-state index contributed by atoms with van der Waals surface area (Å²) < 4.78 is 0. The molecule has 0 saturated carbocycles. The Balaban J connectivity index is 1.04. The van der Waals surface area contributed by atoms with E-state index in [0.717, 1.165) is 11.4 Å². The van der Waals surface area contributed by atoms with Crippen molar-refractivity contribution >= 4 is 34.1 Å². The van der Waals surface area contributed by atoms with Crippen LogP contribution in [0.25, 0.3) is 55.6 Å². The predicted molar refractivity (Wildman–Crippen MR) is 220 cm³/mol. The Bertz CT molecular complexity index is 2460. The van der Waals surface area contributed by atoms with Crippen LogP contribution < -0.4 is 9.80 Å². The second-order valence-electron chi connectivity index (χ2n) is 13.9. The van der Waals surface area contributed by atoms with Crippen LogP contribution in [0.1, 0.15) is 11.1 Å². The molecule has 10 rings (SSSR count). The van der Waals surface area contributed by atoms with E-state index in [1.165, 1.54) is 89.5 Å². The number of aryl methyl sites for hydroxylation is 2. The van der Waals surface area contributed by atoms with E-state index in [4.69, 9.17) is 0 Å². The predicted octanol–water partition coefficient (Wildman–Crippen LogP) is 14.2. The van der Waals surface area contributed by atoms with Gasteiger partial charge >= 0.3 is 0 Å². The van der Waals surface area contributed by atoms with Crippen molar-refractivity contribution in [3.63, 3.8) is 0 Å². The minimum atomic E-state index is 1.14. The SMILES string of the molecule is Cc1ccc2c(c1)-c1ccccc1N(c1ccc(-c3ccc(N4c5ccccc5-c5ccc(C)cc5-c5ccccc54)cc3)cc1)c1ccccc1-2. The van der Waals surface area contributed by atoms with E-state index in [2.05, 4.69) is 206 Å². The molecule has 0 aliphatic carbocycles. The molecule has 2 aliphatic rings. The molecule has 246 valence electrons. The summed E-state index contributed by atoms with van der Waals surface area (Å²) >= 11 is 0. The van der Waals surface area contributed by atoms with Crippen LogP contribution in [0.4, 0.5) is 34.1 Å². The average Bonchev–Trinajstić information content (AvgIpc) is 3.39. The molecule has 0 unspecified atom stereocenters. The molecule has 52 heavy (non-hydrogen) atoms. The lowest BCUT2D eigenvalue weighted by Gasteiger charge is -2.28. The maximum absolute atomic E-state index is 2.42. The largest absolute Gasteiger partial charge is 0.309 e. The lowest BCUT2D eigenvalue weighted by Crippen LogP contribution is -2.11. The van der Waals surface area contributed by atoms with E-state index in [0.29, 0.717) is 0 Å². The van der Waals surface area contributed by atoms with Crippen LogP contribution in [0, 0.1) is 13.8 Å². The van der Waals surface area contributed by atoms with Gasteiger partial charge in [0.15, 0.2) is 0 Å². The summed E-state index contributed by atoms with van der Waals surface area (Å²) in [5, 5.41) is 0. The van der Waals surface area contributed by atoms with Crippen LogP contribution in [0.5, 0.6) is 0 Å². The van der Waals surface area contributed by atoms with Crippen molar-refractivity contribution in [2.45, 2.75) is 13.8 Å². The van der Waals surface area contributed by atoms with Crippen LogP contribution >= 0.6 is 0 Å². The molecule has 8 aromatic carbocycles. The molecule has 0 amide bonds. The molecular weight excluding hydrogens is 629 g/mol. The van der Waals surface area contributed by atoms with Gasteiger partial charge in [-0.15, -0.1) is 0 Å². The first-order valence-corrected chi connectivity index (χ1v) is 18.0. The maximum atomic E-state index is 2.42. The van der Waals surface area contributed by atoms with Crippen molar-refractivity contribution in [3.05, 3.63) is 193 Å². The molecule has 2 aliphatic heterocycles. The highest BCUT2D eigenvalue weighted by molar-refractivity contribution is 6.04. The molecule has 0 bridgehead atoms. The van der Waals surface area contributed by atoms with Crippen molar-refractivity contribution in [2.75, 3.05) is 9.80 Å². The van der Waals surface area contributed by atoms with Crippen molar-refractivity contribution in [1.82, 2.24) is 0 Å². The summed E-state index contributed by atoms with van der Waals surface area (Å²) in [6.07, 6.45) is 0. The quantitative estimate of drug-likeness (QED) is 0.185. The van der Waals surface area contributed by atoms with Gasteiger partial charge < -0.3 is 9.80 Å². The number of nitrogens with zero attached hydrogens (tertiary/aromatic N) is 2. The van der Waals surface area contributed by atoms with E-state index in [1.807, 2.05) is 0 Å². The molecule has 0 radical (unpaired) electrons. The highest BCUT2D eigenvalue weighted by Gasteiger charge is 2.27. The summed E-state index contributed by atoms with van der Waals surface area (Å²) in [5.74, 6) is 0. The zero-order valence-corrected chi connectivity index (χ0v) is 29.2. The first-order valence-electron chi connectivity index (χ1n) is 18.0. The zero-order chi connectivity index (χ0) is 34.8. The molecule has 0 spiro atoms. The van der Waals surface area contributed by atoms with Gasteiger partial charge in [-0.2, -0.15) is 0 Å². The van der Waals surface area contributed by atoms with Gasteiger partial charge in [-0.1, -0.05) is 145 Å². The van der Waals surface area contributed by atoms with Crippen LogP contribution in [0.3, 0.4) is 0 Å². The topological polar surface area (TPSA) is 6.48 Å². The molecule has 0 fully saturated rings. The van der Waals surface area contributed by atoms with Gasteiger partial charge in [-0.3, -0.25) is 0 Å². The highest BCUT2D eigenvalue weighted by Crippen LogP contribution is 2.52. The van der Waals surface area contributed by atoms with Crippen molar-refractivity contribution < 1.29 is 0 Å². The molecule has 0 aromatic heterocycles. The third-order valence-corrected chi connectivity index (χ3v) is 10.7. The third-order valence-electron chi connectivity index (χ3n) is 10.7. The molecule has 2 heterocycles. The number of hydrogen-bond donors (Lipinski definition) is 0. The van der Waals surface area contributed by atoms with Crippen LogP contribution in [0.15, 0.2) is 182 Å². The summed E-state index contributed by atoms with van der Waals surface area (Å²) in [7, 11) is 0. The van der Waals surface area contributed by atoms with Gasteiger partial charge in [0.05, 0.1) is 22.7 Å². The Labute approximate surface area is 305 Å². The van der Waals surface area contributed by atoms with E-state index in [9.17, 15) is 0 Å². The van der Waals surface area contributed by atoms with Crippen LogP contribution in [-0.2, 0) is 0 Å². The molecule has 2 heteroatoms. The number of anilines is 6. The zero-order valence-electron chi connectivity index (χ0n) is 29.2. The molecule has 2 nitrogen and oxygen atoms in total. The van der Waals surface area contributed by atoms with Crippen LogP contribution in [-0.4, -0.2) is 0 Å². The lowest BCUT2D eigenvalue weighted by molar-refractivity contribution is 1.29. The van der Waals surface area contributed by atoms with Gasteiger partial charge in [0.1, 0.15) is 0 Å². The number of fused-ring (bicyclic) bond motifs is 10. The van der Waals surface area contributed by atoms with Crippen LogP contribution in [0.2, 0.25) is 0 Å². The fraction of sp³-hybridized carbons (Fsp3) is 0.0400. The first kappa shape index (κ1) is 30.2. The van der Waals surface area contributed by atoms with Gasteiger partial charge in [-0.05, 0) is 95.8 Å². The van der Waals surface area contributed by atoms with E-state index in [-0.39, 0.29) is 0 Å². The fourth-order valence-electron chi connectivity index (χ4n) is 8.24. The average molecular weight is 665 g/mol. The fourth-order valence-corrected chi connectivity index (χ4v) is 8.24. The Kier molecular flexibility index (Phi) is 6.97. The Morgan fingerprint density at radius 3 is 0.923 bits per heavy atom. The Morgan fingerprint density at radius 1 is 0.269 bits per heavy atom.